The molecule has 11 nitrogen and oxygen atoms in total. The van der Waals surface area contributed by atoms with Crippen molar-refractivity contribution in [1.82, 2.24) is 4.98 Å². The third kappa shape index (κ3) is 6.27. The molecule has 1 aromatic heterocycles. The summed E-state index contributed by atoms with van der Waals surface area (Å²) in [7, 11) is -2.59. The van der Waals surface area contributed by atoms with Gasteiger partial charge in [-0.25, -0.2) is 14.6 Å². The fourth-order valence-electron chi connectivity index (χ4n) is 4.42. The molecule has 2 heterocycles. The first-order valence-corrected chi connectivity index (χ1v) is 14.3. The molecule has 0 spiro atoms. The molecule has 1 unspecified atom stereocenters. The van der Waals surface area contributed by atoms with Crippen molar-refractivity contribution in [1.29, 1.82) is 0 Å². The van der Waals surface area contributed by atoms with E-state index in [2.05, 4.69) is 4.98 Å². The maximum absolute atomic E-state index is 14.0. The number of nitrogens with zero attached hydrogens (tertiary/aromatic N) is 3. The van der Waals surface area contributed by atoms with Crippen molar-refractivity contribution in [3.05, 3.63) is 42.1 Å². The largest absolute Gasteiger partial charge is 0.491 e. The number of anilines is 2. The second-order valence-corrected chi connectivity index (χ2v) is 12.1. The van der Waals surface area contributed by atoms with Crippen LogP contribution in [0.1, 0.15) is 46.1 Å². The minimum absolute atomic E-state index is 0.101. The van der Waals surface area contributed by atoms with Gasteiger partial charge in [0.25, 0.3) is 10.0 Å². The molecule has 1 atom stereocenters. The number of pyridine rings is 1. The third-order valence-electron chi connectivity index (χ3n) is 6.09. The Balaban J connectivity index is 1.91. The average Bonchev–Trinajstić information content (AvgIpc) is 3.61. The molecule has 0 radical (unpaired) electrons. The molecule has 4 rings (SSSR count). The van der Waals surface area contributed by atoms with Crippen LogP contribution in [0.3, 0.4) is 0 Å². The van der Waals surface area contributed by atoms with Gasteiger partial charge in [-0.1, -0.05) is 6.07 Å². The fraction of sp³-hybridized carbons (Fsp3) is 0.519. The zero-order valence-electron chi connectivity index (χ0n) is 22.9. The van der Waals surface area contributed by atoms with E-state index in [-0.39, 0.29) is 42.1 Å². The normalized spacial score (nSPS) is 16.9. The van der Waals surface area contributed by atoms with Crippen LogP contribution in [0.2, 0.25) is 0 Å². The van der Waals surface area contributed by atoms with Gasteiger partial charge in [0.15, 0.2) is 5.03 Å². The minimum atomic E-state index is -4.14. The van der Waals surface area contributed by atoms with E-state index in [9.17, 15) is 18.0 Å². The van der Waals surface area contributed by atoms with Gasteiger partial charge in [-0.3, -0.25) is 9.21 Å². The van der Waals surface area contributed by atoms with Gasteiger partial charge in [0.2, 0.25) is 0 Å². The van der Waals surface area contributed by atoms with E-state index in [1.165, 1.54) is 21.5 Å². The molecule has 12 heteroatoms. The summed E-state index contributed by atoms with van der Waals surface area (Å²) in [5, 5.41) is -0.125. The maximum Gasteiger partial charge on any atom is 0.415 e. The van der Waals surface area contributed by atoms with Crippen LogP contribution in [0.25, 0.3) is 0 Å². The van der Waals surface area contributed by atoms with Crippen molar-refractivity contribution in [2.45, 2.75) is 69.7 Å². The Morgan fingerprint density at radius 3 is 2.49 bits per heavy atom. The van der Waals surface area contributed by atoms with E-state index < -0.39 is 33.7 Å². The van der Waals surface area contributed by atoms with E-state index in [1.54, 1.807) is 59.1 Å². The van der Waals surface area contributed by atoms with Crippen LogP contribution in [0, 0.1) is 0 Å². The predicted octanol–water partition coefficient (Wildman–Crippen LogP) is 3.69. The molecule has 0 N–H and O–H groups in total. The van der Waals surface area contributed by atoms with Crippen molar-refractivity contribution in [2.75, 3.05) is 36.1 Å². The molecule has 1 aliphatic carbocycles. The second kappa shape index (κ2) is 11.4. The highest BCUT2D eigenvalue weighted by atomic mass is 32.2. The molecule has 1 aromatic carbocycles. The first-order chi connectivity index (χ1) is 18.5. The summed E-state index contributed by atoms with van der Waals surface area (Å²) in [6.07, 6.45) is 1.99. The lowest BCUT2D eigenvalue weighted by Crippen LogP contribution is -2.47. The zero-order valence-corrected chi connectivity index (χ0v) is 23.7. The summed E-state index contributed by atoms with van der Waals surface area (Å²) >= 11 is 0. The van der Waals surface area contributed by atoms with E-state index in [4.69, 9.17) is 18.9 Å². The standard InChI is InChI=1S/C27H35N3O8S/c1-6-36-25(31)22-16-18-15-20(37-14-13-35-5)17-21(24(18)29(22)26(32)38-27(2,3)4)30(19-10-11-19)39(33,34)23-9-7-8-12-28-23/h7-9,12,15,17,19,22H,6,10-11,13-14,16H2,1-5H3. The smallest absolute Gasteiger partial charge is 0.415 e. The molecular weight excluding hydrogens is 526 g/mol. The van der Waals surface area contributed by atoms with Crippen molar-refractivity contribution < 1.29 is 37.0 Å². The molecule has 212 valence electrons. The number of aromatic nitrogens is 1. The van der Waals surface area contributed by atoms with Gasteiger partial charge < -0.3 is 18.9 Å². The van der Waals surface area contributed by atoms with Gasteiger partial charge in [-0.2, -0.15) is 8.42 Å². The summed E-state index contributed by atoms with van der Waals surface area (Å²) in [6, 6.07) is 6.57. The number of fused-ring (bicyclic) bond motifs is 1. The molecule has 2 aromatic rings. The van der Waals surface area contributed by atoms with Gasteiger partial charge in [-0.15, -0.1) is 0 Å². The van der Waals surface area contributed by atoms with Gasteiger partial charge >= 0.3 is 12.1 Å². The molecule has 1 amide bonds. The minimum Gasteiger partial charge on any atom is -0.491 e. The monoisotopic (exact) mass is 561 g/mol. The molecule has 1 saturated carbocycles. The third-order valence-corrected chi connectivity index (χ3v) is 7.87. The van der Waals surface area contributed by atoms with E-state index in [0.717, 1.165) is 0 Å². The van der Waals surface area contributed by atoms with Gasteiger partial charge in [0.05, 0.1) is 24.6 Å². The molecular formula is C27H35N3O8S. The lowest BCUT2D eigenvalue weighted by Gasteiger charge is -2.32. The predicted molar refractivity (Wildman–Crippen MR) is 144 cm³/mol. The Morgan fingerprint density at radius 2 is 1.90 bits per heavy atom. The van der Waals surface area contributed by atoms with Crippen LogP contribution >= 0.6 is 0 Å². The van der Waals surface area contributed by atoms with Crippen LogP contribution in [-0.2, 0) is 35.4 Å². The summed E-state index contributed by atoms with van der Waals surface area (Å²) in [4.78, 5) is 32.0. The van der Waals surface area contributed by atoms with Crippen molar-refractivity contribution in [3.8, 4) is 5.75 Å². The van der Waals surface area contributed by atoms with Gasteiger partial charge in [0.1, 0.15) is 24.0 Å². The number of ether oxygens (including phenoxy) is 4. The number of amides is 1. The number of benzene rings is 1. The Morgan fingerprint density at radius 1 is 1.15 bits per heavy atom. The summed E-state index contributed by atoms with van der Waals surface area (Å²) in [6.45, 7) is 7.50. The highest BCUT2D eigenvalue weighted by molar-refractivity contribution is 7.92. The number of rotatable bonds is 10. The zero-order chi connectivity index (χ0) is 28.4. The van der Waals surface area contributed by atoms with Crippen LogP contribution in [0.15, 0.2) is 41.6 Å². The topological polar surface area (TPSA) is 125 Å². The van der Waals surface area contributed by atoms with Crippen LogP contribution in [-0.4, -0.2) is 70.1 Å². The SMILES string of the molecule is CCOC(=O)C1Cc2cc(OCCOC)cc(N(C3CC3)S(=O)(=O)c3ccccn3)c2N1C(=O)OC(C)(C)C. The van der Waals surface area contributed by atoms with Crippen molar-refractivity contribution in [2.24, 2.45) is 0 Å². The molecule has 1 aliphatic heterocycles. The van der Waals surface area contributed by atoms with E-state index in [0.29, 0.717) is 30.8 Å². The molecule has 2 aliphatic rings. The Labute approximate surface area is 229 Å². The van der Waals surface area contributed by atoms with Crippen molar-refractivity contribution in [3.63, 3.8) is 0 Å². The highest BCUT2D eigenvalue weighted by Gasteiger charge is 2.47. The number of hydrogen-bond acceptors (Lipinski definition) is 9. The maximum atomic E-state index is 14.0. The lowest BCUT2D eigenvalue weighted by molar-refractivity contribution is -0.144. The summed E-state index contributed by atoms with van der Waals surface area (Å²) in [5.74, 6) is -0.228. The first-order valence-electron chi connectivity index (χ1n) is 12.9. The molecule has 1 fully saturated rings. The first kappa shape index (κ1) is 28.6. The number of esters is 1. The molecule has 39 heavy (non-hydrogen) atoms. The summed E-state index contributed by atoms with van der Waals surface area (Å²) < 4.78 is 51.2. The number of methoxy groups -OCH3 is 1. The fourth-order valence-corrected chi connectivity index (χ4v) is 6.07. The van der Waals surface area contributed by atoms with E-state index in [1.807, 2.05) is 0 Å². The average molecular weight is 562 g/mol. The Hall–Kier alpha value is -3.38. The highest BCUT2D eigenvalue weighted by Crippen LogP contribution is 2.48. The number of carbonyl (C=O) groups is 2. The van der Waals surface area contributed by atoms with Crippen LogP contribution in [0.5, 0.6) is 5.75 Å². The van der Waals surface area contributed by atoms with E-state index >= 15 is 0 Å². The molecule has 0 bridgehead atoms. The van der Waals surface area contributed by atoms with Crippen LogP contribution in [0.4, 0.5) is 16.2 Å². The number of carbonyl (C=O) groups excluding carboxylic acids is 2. The van der Waals surface area contributed by atoms with Gasteiger partial charge in [-0.05, 0) is 64.3 Å². The number of sulfonamides is 1. The van der Waals surface area contributed by atoms with Gasteiger partial charge in [0, 0.05) is 31.8 Å². The Kier molecular flexibility index (Phi) is 8.36. The lowest BCUT2D eigenvalue weighted by atomic mass is 10.1. The Bertz CT molecular complexity index is 1310. The van der Waals surface area contributed by atoms with Crippen LogP contribution < -0.4 is 13.9 Å². The molecule has 0 saturated heterocycles. The summed E-state index contributed by atoms with van der Waals surface area (Å²) in [5.41, 5.74) is 0.183. The quantitative estimate of drug-likeness (QED) is 0.315. The number of hydrogen-bond donors (Lipinski definition) is 0. The second-order valence-electron chi connectivity index (χ2n) is 10.3. The van der Waals surface area contributed by atoms with Crippen molar-refractivity contribution >= 4 is 33.5 Å².